The lowest BCUT2D eigenvalue weighted by Gasteiger charge is -2.10. The third kappa shape index (κ3) is 2.83. The highest BCUT2D eigenvalue weighted by molar-refractivity contribution is 6.17. The van der Waals surface area contributed by atoms with Crippen molar-refractivity contribution in [1.82, 2.24) is 9.55 Å². The predicted molar refractivity (Wildman–Crippen MR) is 79.1 cm³/mol. The number of hydrogen-bond acceptors (Lipinski definition) is 4. The van der Waals surface area contributed by atoms with Crippen LogP contribution in [0.25, 0.3) is 11.0 Å². The first-order valence-electron chi connectivity index (χ1n) is 6.41. The topological polar surface area (TPSA) is 45.5 Å². The second-order valence-corrected chi connectivity index (χ2v) is 4.69. The number of halogens is 1. The molecule has 0 amide bonds. The molecular formula is C14H19ClN2O3. The Bertz CT molecular complexity index is 583. The van der Waals surface area contributed by atoms with Gasteiger partial charge in [0.05, 0.1) is 31.9 Å². The van der Waals surface area contributed by atoms with Gasteiger partial charge in [0.2, 0.25) is 0 Å². The van der Waals surface area contributed by atoms with Gasteiger partial charge in [-0.15, -0.1) is 11.6 Å². The number of nitrogens with zero attached hydrogens (tertiary/aromatic N) is 2. The fourth-order valence-electron chi connectivity index (χ4n) is 2.21. The number of ether oxygens (including phenoxy) is 3. The average molecular weight is 299 g/mol. The number of rotatable bonds is 7. The van der Waals surface area contributed by atoms with Crippen LogP contribution >= 0.6 is 11.6 Å². The molecule has 2 rings (SSSR count). The zero-order valence-corrected chi connectivity index (χ0v) is 12.7. The Morgan fingerprint density at radius 3 is 2.45 bits per heavy atom. The minimum Gasteiger partial charge on any atom is -0.493 e. The molecule has 1 heterocycles. The summed E-state index contributed by atoms with van der Waals surface area (Å²) in [7, 11) is 4.93. The maximum Gasteiger partial charge on any atom is 0.163 e. The average Bonchev–Trinajstić information content (AvgIpc) is 2.80. The Morgan fingerprint density at radius 1 is 1.15 bits per heavy atom. The summed E-state index contributed by atoms with van der Waals surface area (Å²) in [5.74, 6) is 2.84. The van der Waals surface area contributed by atoms with Crippen LogP contribution in [0.3, 0.4) is 0 Å². The second kappa shape index (κ2) is 6.81. The van der Waals surface area contributed by atoms with Gasteiger partial charge in [0.25, 0.3) is 0 Å². The van der Waals surface area contributed by atoms with E-state index < -0.39 is 0 Å². The first kappa shape index (κ1) is 14.9. The molecule has 5 nitrogen and oxygen atoms in total. The summed E-state index contributed by atoms with van der Waals surface area (Å²) in [6.07, 6.45) is 0.713. The monoisotopic (exact) mass is 298 g/mol. The van der Waals surface area contributed by atoms with E-state index in [-0.39, 0.29) is 0 Å². The first-order valence-corrected chi connectivity index (χ1v) is 6.94. The normalized spacial score (nSPS) is 11.0. The summed E-state index contributed by atoms with van der Waals surface area (Å²) >= 11 is 5.85. The van der Waals surface area contributed by atoms with E-state index in [2.05, 4.69) is 9.55 Å². The molecule has 0 N–H and O–H groups in total. The molecule has 0 spiro atoms. The zero-order chi connectivity index (χ0) is 14.5. The van der Waals surface area contributed by atoms with Crippen molar-refractivity contribution in [1.29, 1.82) is 0 Å². The molecule has 20 heavy (non-hydrogen) atoms. The smallest absolute Gasteiger partial charge is 0.163 e. The fourth-order valence-corrected chi connectivity index (χ4v) is 2.38. The van der Waals surface area contributed by atoms with Crippen molar-refractivity contribution in [2.45, 2.75) is 13.0 Å². The maximum atomic E-state index is 5.85. The lowest BCUT2D eigenvalue weighted by molar-refractivity contribution is 0.187. The van der Waals surface area contributed by atoms with E-state index in [1.807, 2.05) is 12.1 Å². The summed E-state index contributed by atoms with van der Waals surface area (Å²) in [6, 6.07) is 3.82. The number of aromatic nitrogens is 2. The van der Waals surface area contributed by atoms with Crippen molar-refractivity contribution in [3.63, 3.8) is 0 Å². The van der Waals surface area contributed by atoms with E-state index in [4.69, 9.17) is 25.8 Å². The number of aryl methyl sites for hydroxylation is 1. The van der Waals surface area contributed by atoms with E-state index in [1.165, 1.54) is 0 Å². The highest BCUT2D eigenvalue weighted by atomic mass is 35.5. The molecule has 6 heteroatoms. The van der Waals surface area contributed by atoms with Crippen molar-refractivity contribution < 1.29 is 14.2 Å². The third-order valence-electron chi connectivity index (χ3n) is 3.17. The van der Waals surface area contributed by atoms with Crippen LogP contribution in [-0.2, 0) is 17.7 Å². The molecule has 1 aromatic heterocycles. The van der Waals surface area contributed by atoms with Crippen molar-refractivity contribution in [3.05, 3.63) is 18.0 Å². The summed E-state index contributed by atoms with van der Waals surface area (Å²) in [6.45, 7) is 1.35. The van der Waals surface area contributed by atoms with Crippen LogP contribution in [0.1, 0.15) is 5.82 Å². The van der Waals surface area contributed by atoms with Crippen LogP contribution in [0, 0.1) is 0 Å². The summed E-state index contributed by atoms with van der Waals surface area (Å²) in [5, 5.41) is 0. The largest absolute Gasteiger partial charge is 0.493 e. The maximum absolute atomic E-state index is 5.85. The van der Waals surface area contributed by atoms with Gasteiger partial charge in [0.1, 0.15) is 5.82 Å². The highest BCUT2D eigenvalue weighted by Crippen LogP contribution is 2.32. The number of methoxy groups -OCH3 is 3. The van der Waals surface area contributed by atoms with Crippen LogP contribution < -0.4 is 9.47 Å². The Balaban J connectivity index is 2.55. The molecule has 0 fully saturated rings. The van der Waals surface area contributed by atoms with Gasteiger partial charge in [-0.3, -0.25) is 0 Å². The molecule has 110 valence electrons. The van der Waals surface area contributed by atoms with E-state index in [9.17, 15) is 0 Å². The van der Waals surface area contributed by atoms with Gasteiger partial charge in [0.15, 0.2) is 11.5 Å². The van der Waals surface area contributed by atoms with Gasteiger partial charge >= 0.3 is 0 Å². The lowest BCUT2D eigenvalue weighted by atomic mass is 10.2. The Morgan fingerprint density at radius 2 is 1.85 bits per heavy atom. The molecule has 0 aliphatic rings. The molecule has 0 atom stereocenters. The SMILES string of the molecule is COCCn1c(CCCl)nc2cc(OC)c(OC)cc21. The van der Waals surface area contributed by atoms with Crippen LogP contribution in [0.5, 0.6) is 11.5 Å². The summed E-state index contributed by atoms with van der Waals surface area (Å²) < 4.78 is 17.9. The molecule has 0 unspecified atom stereocenters. The molecule has 0 aliphatic heterocycles. The summed E-state index contributed by atoms with van der Waals surface area (Å²) in [4.78, 5) is 4.63. The van der Waals surface area contributed by atoms with Crippen molar-refractivity contribution >= 4 is 22.6 Å². The number of imidazole rings is 1. The van der Waals surface area contributed by atoms with Crippen LogP contribution in [-0.4, -0.2) is 43.4 Å². The molecule has 0 bridgehead atoms. The van der Waals surface area contributed by atoms with Crippen LogP contribution in [0.2, 0.25) is 0 Å². The molecular weight excluding hydrogens is 280 g/mol. The molecule has 0 radical (unpaired) electrons. The number of fused-ring (bicyclic) bond motifs is 1. The standard InChI is InChI=1S/C14H19ClN2O3/c1-18-7-6-17-11-9-13(20-3)12(19-2)8-10(11)16-14(17)4-5-15/h8-9H,4-7H2,1-3H3. The van der Waals surface area contributed by atoms with E-state index >= 15 is 0 Å². The predicted octanol–water partition coefficient (Wildman–Crippen LogP) is 2.48. The second-order valence-electron chi connectivity index (χ2n) is 4.31. The molecule has 2 aromatic rings. The fraction of sp³-hybridized carbons (Fsp3) is 0.500. The van der Waals surface area contributed by atoms with Crippen LogP contribution in [0.4, 0.5) is 0 Å². The van der Waals surface area contributed by atoms with Crippen LogP contribution in [0.15, 0.2) is 12.1 Å². The highest BCUT2D eigenvalue weighted by Gasteiger charge is 2.14. The number of alkyl halides is 1. The summed E-state index contributed by atoms with van der Waals surface area (Å²) in [5.41, 5.74) is 1.87. The number of benzene rings is 1. The van der Waals surface area contributed by atoms with Gasteiger partial charge < -0.3 is 18.8 Å². The number of hydrogen-bond donors (Lipinski definition) is 0. The van der Waals surface area contributed by atoms with E-state index in [0.29, 0.717) is 30.4 Å². The molecule has 1 aromatic carbocycles. The third-order valence-corrected chi connectivity index (χ3v) is 3.36. The van der Waals surface area contributed by atoms with E-state index in [1.54, 1.807) is 21.3 Å². The Kier molecular flexibility index (Phi) is 5.09. The van der Waals surface area contributed by atoms with Gasteiger partial charge in [-0.1, -0.05) is 0 Å². The van der Waals surface area contributed by atoms with Crippen molar-refractivity contribution in [2.75, 3.05) is 33.8 Å². The van der Waals surface area contributed by atoms with Gasteiger partial charge in [0, 0.05) is 38.1 Å². The minimum absolute atomic E-state index is 0.532. The van der Waals surface area contributed by atoms with Gasteiger partial charge in [-0.2, -0.15) is 0 Å². The Labute approximate surface area is 123 Å². The molecule has 0 aliphatic carbocycles. The lowest BCUT2D eigenvalue weighted by Crippen LogP contribution is -2.09. The minimum atomic E-state index is 0.532. The van der Waals surface area contributed by atoms with Gasteiger partial charge in [-0.25, -0.2) is 4.98 Å². The van der Waals surface area contributed by atoms with E-state index in [0.717, 1.165) is 23.4 Å². The zero-order valence-electron chi connectivity index (χ0n) is 12.0. The van der Waals surface area contributed by atoms with Crippen molar-refractivity contribution in [3.8, 4) is 11.5 Å². The molecule has 0 saturated heterocycles. The molecule has 0 saturated carbocycles. The van der Waals surface area contributed by atoms with Gasteiger partial charge in [-0.05, 0) is 0 Å². The van der Waals surface area contributed by atoms with Crippen molar-refractivity contribution in [2.24, 2.45) is 0 Å². The first-order chi connectivity index (χ1) is 9.74. The Hall–Kier alpha value is -1.46. The quantitative estimate of drug-likeness (QED) is 0.737.